The lowest BCUT2D eigenvalue weighted by Gasteiger charge is -2.00. The molecular formula is C13H10BrFOS. The fraction of sp³-hybridized carbons (Fsp3) is 0.154. The van der Waals surface area contributed by atoms with Gasteiger partial charge in [-0.2, -0.15) is 0 Å². The summed E-state index contributed by atoms with van der Waals surface area (Å²) in [6.45, 7) is 1.95. The van der Waals surface area contributed by atoms with E-state index in [1.54, 1.807) is 12.1 Å². The first-order valence-electron chi connectivity index (χ1n) is 5.10. The molecule has 0 saturated heterocycles. The Labute approximate surface area is 111 Å². The molecule has 0 bridgehead atoms. The fourth-order valence-corrected chi connectivity index (χ4v) is 3.39. The van der Waals surface area contributed by atoms with E-state index in [1.807, 2.05) is 13.0 Å². The van der Waals surface area contributed by atoms with E-state index in [0.717, 1.165) is 9.35 Å². The van der Waals surface area contributed by atoms with Crippen LogP contribution in [0.1, 0.15) is 20.1 Å². The summed E-state index contributed by atoms with van der Waals surface area (Å²) in [6, 6.07) is 8.07. The van der Waals surface area contributed by atoms with Gasteiger partial charge in [0.25, 0.3) is 0 Å². The quantitative estimate of drug-likeness (QED) is 0.768. The van der Waals surface area contributed by atoms with Crippen LogP contribution in [0.2, 0.25) is 0 Å². The predicted octanol–water partition coefficient (Wildman–Crippen LogP) is 4.38. The van der Waals surface area contributed by atoms with Gasteiger partial charge in [-0.15, -0.1) is 11.3 Å². The normalized spacial score (nSPS) is 10.5. The molecule has 0 fully saturated rings. The van der Waals surface area contributed by atoms with Gasteiger partial charge >= 0.3 is 0 Å². The zero-order chi connectivity index (χ0) is 12.4. The first-order chi connectivity index (χ1) is 8.06. The SMILES string of the molecule is Cc1cc(Br)c(C(=O)Cc2cccc(F)c2)s1. The number of hydrogen-bond acceptors (Lipinski definition) is 2. The molecule has 1 aromatic heterocycles. The highest BCUT2D eigenvalue weighted by Crippen LogP contribution is 2.28. The molecule has 88 valence electrons. The monoisotopic (exact) mass is 312 g/mol. The van der Waals surface area contributed by atoms with Crippen LogP contribution in [0.5, 0.6) is 0 Å². The molecule has 0 atom stereocenters. The van der Waals surface area contributed by atoms with E-state index in [-0.39, 0.29) is 18.0 Å². The van der Waals surface area contributed by atoms with Gasteiger partial charge in [0, 0.05) is 15.8 Å². The summed E-state index contributed by atoms with van der Waals surface area (Å²) in [6.07, 6.45) is 0.232. The van der Waals surface area contributed by atoms with Crippen molar-refractivity contribution in [1.82, 2.24) is 0 Å². The van der Waals surface area contributed by atoms with Crippen LogP contribution in [0.15, 0.2) is 34.8 Å². The Morgan fingerprint density at radius 3 is 2.76 bits per heavy atom. The molecule has 0 amide bonds. The summed E-state index contributed by atoms with van der Waals surface area (Å²) in [7, 11) is 0. The number of rotatable bonds is 3. The van der Waals surface area contributed by atoms with Gasteiger partial charge in [-0.05, 0) is 46.6 Å². The van der Waals surface area contributed by atoms with Gasteiger partial charge in [0.2, 0.25) is 0 Å². The van der Waals surface area contributed by atoms with E-state index in [9.17, 15) is 9.18 Å². The molecule has 0 N–H and O–H groups in total. The number of ketones is 1. The van der Waals surface area contributed by atoms with Crippen molar-refractivity contribution >= 4 is 33.0 Å². The van der Waals surface area contributed by atoms with Crippen molar-refractivity contribution in [3.8, 4) is 0 Å². The molecule has 1 aromatic carbocycles. The highest BCUT2D eigenvalue weighted by molar-refractivity contribution is 9.10. The first kappa shape index (κ1) is 12.5. The van der Waals surface area contributed by atoms with Crippen LogP contribution in [-0.4, -0.2) is 5.78 Å². The molecule has 4 heteroatoms. The highest BCUT2D eigenvalue weighted by atomic mass is 79.9. The van der Waals surface area contributed by atoms with Crippen molar-refractivity contribution in [2.75, 3.05) is 0 Å². The van der Waals surface area contributed by atoms with E-state index < -0.39 is 0 Å². The van der Waals surface area contributed by atoms with Crippen molar-refractivity contribution in [2.45, 2.75) is 13.3 Å². The van der Waals surface area contributed by atoms with Crippen molar-refractivity contribution in [3.05, 3.63) is 55.9 Å². The summed E-state index contributed by atoms with van der Waals surface area (Å²) >= 11 is 4.82. The second-order valence-corrected chi connectivity index (χ2v) is 5.87. The molecule has 2 rings (SSSR count). The van der Waals surface area contributed by atoms with Gasteiger partial charge in [-0.3, -0.25) is 4.79 Å². The highest BCUT2D eigenvalue weighted by Gasteiger charge is 2.14. The molecule has 0 aliphatic rings. The van der Waals surface area contributed by atoms with Gasteiger partial charge in [-0.1, -0.05) is 12.1 Å². The zero-order valence-corrected chi connectivity index (χ0v) is 11.6. The van der Waals surface area contributed by atoms with E-state index in [4.69, 9.17) is 0 Å². The molecule has 0 aliphatic carbocycles. The van der Waals surface area contributed by atoms with Crippen LogP contribution in [-0.2, 0) is 6.42 Å². The van der Waals surface area contributed by atoms with E-state index in [2.05, 4.69) is 15.9 Å². The van der Waals surface area contributed by atoms with Crippen molar-refractivity contribution in [2.24, 2.45) is 0 Å². The Hall–Kier alpha value is -1.00. The minimum absolute atomic E-state index is 0.0144. The molecular weight excluding hydrogens is 303 g/mol. The number of halogens is 2. The summed E-state index contributed by atoms with van der Waals surface area (Å²) < 4.78 is 13.8. The van der Waals surface area contributed by atoms with Gasteiger partial charge in [0.15, 0.2) is 5.78 Å². The zero-order valence-electron chi connectivity index (χ0n) is 9.17. The minimum Gasteiger partial charge on any atom is -0.293 e. The topological polar surface area (TPSA) is 17.1 Å². The van der Waals surface area contributed by atoms with Gasteiger partial charge < -0.3 is 0 Å². The van der Waals surface area contributed by atoms with Gasteiger partial charge in [-0.25, -0.2) is 4.39 Å². The summed E-state index contributed by atoms with van der Waals surface area (Å²) in [5.41, 5.74) is 0.702. The van der Waals surface area contributed by atoms with Crippen LogP contribution in [0, 0.1) is 12.7 Å². The molecule has 0 saturated carbocycles. The average molecular weight is 313 g/mol. The fourth-order valence-electron chi connectivity index (χ4n) is 1.59. The summed E-state index contributed by atoms with van der Waals surface area (Å²) in [4.78, 5) is 13.8. The lowest BCUT2D eigenvalue weighted by atomic mass is 10.1. The third-order valence-electron chi connectivity index (χ3n) is 2.32. The number of hydrogen-bond donors (Lipinski definition) is 0. The molecule has 0 aliphatic heterocycles. The number of carbonyl (C=O) groups is 1. The standard InChI is InChI=1S/C13H10BrFOS/c1-8-5-11(14)13(17-8)12(16)7-9-3-2-4-10(15)6-9/h2-6H,7H2,1H3. The average Bonchev–Trinajstić information content (AvgIpc) is 2.58. The molecule has 0 spiro atoms. The van der Waals surface area contributed by atoms with E-state index in [0.29, 0.717) is 10.4 Å². The Balaban J connectivity index is 2.20. The number of thiophene rings is 1. The Morgan fingerprint density at radius 2 is 2.18 bits per heavy atom. The molecule has 17 heavy (non-hydrogen) atoms. The first-order valence-corrected chi connectivity index (χ1v) is 6.71. The van der Waals surface area contributed by atoms with Crippen molar-refractivity contribution in [1.29, 1.82) is 0 Å². The van der Waals surface area contributed by atoms with Crippen LogP contribution in [0.4, 0.5) is 4.39 Å². The third-order valence-corrected chi connectivity index (χ3v) is 4.30. The van der Waals surface area contributed by atoms with Crippen molar-refractivity contribution in [3.63, 3.8) is 0 Å². The summed E-state index contributed by atoms with van der Waals surface area (Å²) in [5.74, 6) is -0.294. The predicted molar refractivity (Wildman–Crippen MR) is 71.2 cm³/mol. The number of benzene rings is 1. The lowest BCUT2D eigenvalue weighted by Crippen LogP contribution is -2.02. The van der Waals surface area contributed by atoms with Gasteiger partial charge in [0.1, 0.15) is 5.82 Å². The van der Waals surface area contributed by atoms with E-state index in [1.165, 1.54) is 23.5 Å². The lowest BCUT2D eigenvalue weighted by molar-refractivity contribution is 0.0996. The van der Waals surface area contributed by atoms with Crippen LogP contribution in [0.3, 0.4) is 0 Å². The Kier molecular flexibility index (Phi) is 3.74. The third kappa shape index (κ3) is 3.01. The summed E-state index contributed by atoms with van der Waals surface area (Å²) in [5, 5.41) is 0. The second-order valence-electron chi connectivity index (χ2n) is 3.76. The molecule has 1 heterocycles. The number of Topliss-reactive ketones (excluding diaryl/α,β-unsaturated/α-hetero) is 1. The maximum Gasteiger partial charge on any atom is 0.178 e. The molecule has 2 aromatic rings. The Bertz CT molecular complexity index is 562. The van der Waals surface area contributed by atoms with Gasteiger partial charge in [0.05, 0.1) is 4.88 Å². The van der Waals surface area contributed by atoms with Crippen LogP contribution in [0.25, 0.3) is 0 Å². The van der Waals surface area contributed by atoms with Crippen molar-refractivity contribution < 1.29 is 9.18 Å². The molecule has 0 unspecified atom stereocenters. The maximum atomic E-state index is 13.0. The number of aryl methyl sites for hydroxylation is 1. The minimum atomic E-state index is -0.309. The molecule has 0 radical (unpaired) electrons. The Morgan fingerprint density at radius 1 is 1.41 bits per heavy atom. The van der Waals surface area contributed by atoms with E-state index >= 15 is 0 Å². The number of carbonyl (C=O) groups excluding carboxylic acids is 1. The van der Waals surface area contributed by atoms with Crippen LogP contribution < -0.4 is 0 Å². The second kappa shape index (κ2) is 5.10. The smallest absolute Gasteiger partial charge is 0.178 e. The molecule has 1 nitrogen and oxygen atoms in total. The maximum absolute atomic E-state index is 13.0. The van der Waals surface area contributed by atoms with Crippen LogP contribution >= 0.6 is 27.3 Å². The largest absolute Gasteiger partial charge is 0.293 e.